The molecule has 0 heterocycles. The van der Waals surface area contributed by atoms with Gasteiger partial charge in [-0.1, -0.05) is 178 Å². The van der Waals surface area contributed by atoms with Crippen LogP contribution in [0.15, 0.2) is 188 Å². The summed E-state index contributed by atoms with van der Waals surface area (Å²) in [6, 6.07) is 68.5. The van der Waals surface area contributed by atoms with Crippen molar-refractivity contribution in [1.29, 1.82) is 0 Å². The van der Waals surface area contributed by atoms with Crippen molar-refractivity contribution in [2.24, 2.45) is 0 Å². The molecule has 50 heavy (non-hydrogen) atoms. The SMILES string of the molecule is CC1(C)c2ccccc2-c2c(-c3ccccc3N(c3ccc(-c4ccc(-c5ccccc5)cc4)cc3)c3cccc4ccccc34)cccc21. The highest BCUT2D eigenvalue weighted by molar-refractivity contribution is 6.03. The van der Waals surface area contributed by atoms with Gasteiger partial charge in [0.2, 0.25) is 0 Å². The molecule has 0 radical (unpaired) electrons. The summed E-state index contributed by atoms with van der Waals surface area (Å²) in [6.45, 7) is 4.71. The minimum Gasteiger partial charge on any atom is -0.309 e. The van der Waals surface area contributed by atoms with E-state index in [0.29, 0.717) is 0 Å². The molecule has 0 N–H and O–H groups in total. The molecule has 0 aromatic heterocycles. The first-order valence-corrected chi connectivity index (χ1v) is 17.4. The van der Waals surface area contributed by atoms with Crippen LogP contribution in [0.5, 0.6) is 0 Å². The van der Waals surface area contributed by atoms with Crippen molar-refractivity contribution in [3.05, 3.63) is 199 Å². The first-order valence-electron chi connectivity index (χ1n) is 17.4. The molecule has 1 heteroatoms. The second-order valence-electron chi connectivity index (χ2n) is 13.7. The summed E-state index contributed by atoms with van der Waals surface area (Å²) < 4.78 is 0. The fraction of sp³-hybridized carbons (Fsp3) is 0.0612. The van der Waals surface area contributed by atoms with E-state index in [1.54, 1.807) is 0 Å². The van der Waals surface area contributed by atoms with Crippen molar-refractivity contribution < 1.29 is 0 Å². The van der Waals surface area contributed by atoms with E-state index in [9.17, 15) is 0 Å². The van der Waals surface area contributed by atoms with Crippen LogP contribution in [0.3, 0.4) is 0 Å². The number of hydrogen-bond acceptors (Lipinski definition) is 1. The maximum absolute atomic E-state index is 2.45. The Morgan fingerprint density at radius 2 is 0.860 bits per heavy atom. The molecule has 0 aliphatic heterocycles. The number of anilines is 3. The predicted octanol–water partition coefficient (Wildman–Crippen LogP) is 13.6. The topological polar surface area (TPSA) is 3.24 Å². The standard InChI is InChI=1S/C49H37N/c1-49(2)44-22-10-8-20-43(44)48-42(21-13-23-45(48)49)41-19-9-11-24-47(41)50(46-25-12-17-38-16-6-7-18-40(38)46)39-32-30-37(31-33-39)36-28-26-35(27-29-36)34-14-4-3-5-15-34/h3-33H,1-2H3. The molecule has 0 spiro atoms. The molecular formula is C49H37N. The number of fused-ring (bicyclic) bond motifs is 4. The summed E-state index contributed by atoms with van der Waals surface area (Å²) in [5, 5.41) is 2.44. The second-order valence-corrected chi connectivity index (χ2v) is 13.7. The van der Waals surface area contributed by atoms with Gasteiger partial charge in [0.15, 0.2) is 0 Å². The van der Waals surface area contributed by atoms with E-state index in [-0.39, 0.29) is 5.41 Å². The zero-order valence-corrected chi connectivity index (χ0v) is 28.3. The summed E-state index contributed by atoms with van der Waals surface area (Å²) in [7, 11) is 0. The Kier molecular flexibility index (Phi) is 7.21. The molecule has 9 rings (SSSR count). The van der Waals surface area contributed by atoms with E-state index in [1.807, 2.05) is 0 Å². The molecule has 0 unspecified atom stereocenters. The average Bonchev–Trinajstić information content (AvgIpc) is 3.42. The Hall–Kier alpha value is -6.18. The monoisotopic (exact) mass is 639 g/mol. The summed E-state index contributed by atoms with van der Waals surface area (Å²) in [5.41, 5.74) is 16.1. The Balaban J connectivity index is 1.20. The molecule has 1 aliphatic rings. The Bertz CT molecular complexity index is 2480. The van der Waals surface area contributed by atoms with E-state index >= 15 is 0 Å². The van der Waals surface area contributed by atoms with Crippen LogP contribution in [-0.4, -0.2) is 0 Å². The van der Waals surface area contributed by atoms with Gasteiger partial charge in [0, 0.05) is 22.1 Å². The predicted molar refractivity (Wildman–Crippen MR) is 213 cm³/mol. The highest BCUT2D eigenvalue weighted by Crippen LogP contribution is 2.54. The lowest BCUT2D eigenvalue weighted by atomic mass is 9.82. The minimum absolute atomic E-state index is 0.0681. The van der Waals surface area contributed by atoms with Crippen LogP contribution in [0.4, 0.5) is 17.1 Å². The fourth-order valence-corrected chi connectivity index (χ4v) is 7.98. The first-order chi connectivity index (χ1) is 24.6. The van der Waals surface area contributed by atoms with Crippen LogP contribution in [-0.2, 0) is 5.41 Å². The van der Waals surface area contributed by atoms with Gasteiger partial charge in [0.1, 0.15) is 0 Å². The maximum atomic E-state index is 2.45. The van der Waals surface area contributed by atoms with E-state index in [2.05, 4.69) is 207 Å². The van der Waals surface area contributed by atoms with Crippen LogP contribution in [0, 0.1) is 0 Å². The van der Waals surface area contributed by atoms with Crippen LogP contribution < -0.4 is 4.90 Å². The van der Waals surface area contributed by atoms with Crippen LogP contribution >= 0.6 is 0 Å². The number of para-hydroxylation sites is 1. The molecule has 0 fully saturated rings. The maximum Gasteiger partial charge on any atom is 0.0540 e. The van der Waals surface area contributed by atoms with Crippen LogP contribution in [0.1, 0.15) is 25.0 Å². The Morgan fingerprint density at radius 1 is 0.360 bits per heavy atom. The first kappa shape index (κ1) is 29.9. The van der Waals surface area contributed by atoms with Gasteiger partial charge in [-0.3, -0.25) is 0 Å². The molecule has 8 aromatic rings. The van der Waals surface area contributed by atoms with Gasteiger partial charge in [0.25, 0.3) is 0 Å². The number of rotatable bonds is 6. The fourth-order valence-electron chi connectivity index (χ4n) is 7.98. The molecule has 1 aliphatic carbocycles. The Labute approximate surface area is 294 Å². The molecule has 0 atom stereocenters. The minimum atomic E-state index is -0.0681. The zero-order chi connectivity index (χ0) is 33.7. The summed E-state index contributed by atoms with van der Waals surface area (Å²) >= 11 is 0. The summed E-state index contributed by atoms with van der Waals surface area (Å²) in [4.78, 5) is 2.45. The van der Waals surface area contributed by atoms with E-state index in [1.165, 1.54) is 66.4 Å². The summed E-state index contributed by atoms with van der Waals surface area (Å²) in [5.74, 6) is 0. The van der Waals surface area contributed by atoms with Gasteiger partial charge in [-0.2, -0.15) is 0 Å². The van der Waals surface area contributed by atoms with Crippen molar-refractivity contribution in [2.75, 3.05) is 4.90 Å². The average molecular weight is 640 g/mol. The van der Waals surface area contributed by atoms with Gasteiger partial charge in [-0.05, 0) is 79.7 Å². The lowest BCUT2D eigenvalue weighted by Gasteiger charge is -2.30. The summed E-state index contributed by atoms with van der Waals surface area (Å²) in [6.07, 6.45) is 0. The molecule has 0 saturated carbocycles. The van der Waals surface area contributed by atoms with Gasteiger partial charge >= 0.3 is 0 Å². The molecule has 238 valence electrons. The molecule has 0 amide bonds. The van der Waals surface area contributed by atoms with Crippen LogP contribution in [0.25, 0.3) is 55.3 Å². The number of hydrogen-bond donors (Lipinski definition) is 0. The van der Waals surface area contributed by atoms with Crippen LogP contribution in [0.2, 0.25) is 0 Å². The normalized spacial score (nSPS) is 12.8. The zero-order valence-electron chi connectivity index (χ0n) is 28.3. The highest BCUT2D eigenvalue weighted by atomic mass is 15.1. The van der Waals surface area contributed by atoms with Gasteiger partial charge in [-0.25, -0.2) is 0 Å². The third-order valence-electron chi connectivity index (χ3n) is 10.5. The molecular weight excluding hydrogens is 603 g/mol. The van der Waals surface area contributed by atoms with Crippen molar-refractivity contribution >= 4 is 27.8 Å². The number of benzene rings is 8. The lowest BCUT2D eigenvalue weighted by Crippen LogP contribution is -2.15. The lowest BCUT2D eigenvalue weighted by molar-refractivity contribution is 0.660. The molecule has 0 bridgehead atoms. The highest BCUT2D eigenvalue weighted by Gasteiger charge is 2.37. The quantitative estimate of drug-likeness (QED) is 0.175. The molecule has 0 saturated heterocycles. The van der Waals surface area contributed by atoms with E-state index in [4.69, 9.17) is 0 Å². The van der Waals surface area contributed by atoms with Crippen molar-refractivity contribution in [1.82, 2.24) is 0 Å². The largest absolute Gasteiger partial charge is 0.309 e. The smallest absolute Gasteiger partial charge is 0.0540 e. The molecule has 1 nitrogen and oxygen atoms in total. The van der Waals surface area contributed by atoms with Crippen molar-refractivity contribution in [2.45, 2.75) is 19.3 Å². The van der Waals surface area contributed by atoms with Crippen molar-refractivity contribution in [3.8, 4) is 44.5 Å². The van der Waals surface area contributed by atoms with Gasteiger partial charge in [0.05, 0.1) is 11.4 Å². The van der Waals surface area contributed by atoms with Crippen molar-refractivity contribution in [3.63, 3.8) is 0 Å². The second kappa shape index (κ2) is 12.1. The number of nitrogens with zero attached hydrogens (tertiary/aromatic N) is 1. The van der Waals surface area contributed by atoms with Gasteiger partial charge < -0.3 is 4.90 Å². The van der Waals surface area contributed by atoms with E-state index in [0.717, 1.165) is 17.1 Å². The molecule has 8 aromatic carbocycles. The van der Waals surface area contributed by atoms with E-state index < -0.39 is 0 Å². The third-order valence-corrected chi connectivity index (χ3v) is 10.5. The Morgan fingerprint density at radius 3 is 1.62 bits per heavy atom. The third kappa shape index (κ3) is 4.94. The van der Waals surface area contributed by atoms with Gasteiger partial charge in [-0.15, -0.1) is 0 Å².